The molecule has 4 rings (SSSR count). The van der Waals surface area contributed by atoms with Crippen molar-refractivity contribution >= 4 is 16.6 Å². The molecule has 0 amide bonds. The summed E-state index contributed by atoms with van der Waals surface area (Å²) in [7, 11) is -2.96. The van der Waals surface area contributed by atoms with Crippen molar-refractivity contribution in [1.29, 1.82) is 0 Å². The van der Waals surface area contributed by atoms with Crippen molar-refractivity contribution in [2.24, 2.45) is 34.5 Å². The molecule has 8 atom stereocenters. The second-order valence-corrected chi connectivity index (χ2v) is 22.9. The molecule has 0 saturated heterocycles. The summed E-state index contributed by atoms with van der Waals surface area (Å²) in [5.74, 6) is 3.50. The zero-order valence-electron chi connectivity index (χ0n) is 22.0. The van der Waals surface area contributed by atoms with E-state index in [1.807, 2.05) is 0 Å². The van der Waals surface area contributed by atoms with Crippen molar-refractivity contribution < 1.29 is 8.85 Å². The van der Waals surface area contributed by atoms with Crippen molar-refractivity contribution in [2.75, 3.05) is 0 Å². The lowest BCUT2D eigenvalue weighted by Gasteiger charge is -2.59. The minimum Gasteiger partial charge on any atom is -0.415 e. The molecule has 4 aliphatic rings. The van der Waals surface area contributed by atoms with Crippen molar-refractivity contribution in [2.45, 2.75) is 124 Å². The van der Waals surface area contributed by atoms with E-state index in [0.717, 1.165) is 23.7 Å². The van der Waals surface area contributed by atoms with E-state index >= 15 is 0 Å². The third kappa shape index (κ3) is 4.57. The van der Waals surface area contributed by atoms with Gasteiger partial charge in [-0.2, -0.15) is 0 Å². The van der Waals surface area contributed by atoms with Gasteiger partial charge in [-0.25, -0.2) is 0 Å². The molecule has 3 saturated carbocycles. The van der Waals surface area contributed by atoms with E-state index in [1.165, 1.54) is 51.4 Å². The predicted octanol–water partition coefficient (Wildman–Crippen LogP) is 8.03. The molecular formula is C27H50O2Si2. The van der Waals surface area contributed by atoms with Crippen LogP contribution in [0, 0.1) is 34.5 Å². The van der Waals surface area contributed by atoms with Gasteiger partial charge in [0.2, 0.25) is 0 Å². The molecule has 31 heavy (non-hydrogen) atoms. The molecule has 3 fully saturated rings. The normalized spacial score (nSPS) is 44.2. The lowest BCUT2D eigenvalue weighted by molar-refractivity contribution is -0.0699. The minimum atomic E-state index is -1.49. The van der Waals surface area contributed by atoms with E-state index in [2.05, 4.69) is 66.1 Å². The van der Waals surface area contributed by atoms with Crippen LogP contribution in [0.5, 0.6) is 0 Å². The third-order valence-corrected chi connectivity index (χ3v) is 11.8. The Morgan fingerprint density at radius 2 is 1.58 bits per heavy atom. The van der Waals surface area contributed by atoms with Gasteiger partial charge in [0.1, 0.15) is 0 Å². The summed E-state index contributed by atoms with van der Waals surface area (Å²) < 4.78 is 13.2. The first-order valence-corrected chi connectivity index (χ1v) is 20.1. The van der Waals surface area contributed by atoms with Crippen LogP contribution in [0.25, 0.3) is 0 Å². The average Bonchev–Trinajstić information content (AvgIpc) is 2.97. The summed E-state index contributed by atoms with van der Waals surface area (Å²) in [4.78, 5) is 0. The second kappa shape index (κ2) is 8.10. The van der Waals surface area contributed by atoms with Crippen LogP contribution in [0.4, 0.5) is 0 Å². The van der Waals surface area contributed by atoms with E-state index in [9.17, 15) is 0 Å². The van der Waals surface area contributed by atoms with Crippen LogP contribution in [-0.4, -0.2) is 28.8 Å². The highest BCUT2D eigenvalue weighted by Crippen LogP contribution is 2.67. The van der Waals surface area contributed by atoms with Crippen LogP contribution >= 0.6 is 0 Å². The summed E-state index contributed by atoms with van der Waals surface area (Å²) in [6.07, 6.45) is 14.4. The predicted molar refractivity (Wildman–Crippen MR) is 137 cm³/mol. The summed E-state index contributed by atoms with van der Waals surface area (Å²) in [6, 6.07) is 0. The Balaban J connectivity index is 1.52. The molecule has 3 unspecified atom stereocenters. The molecule has 0 spiro atoms. The third-order valence-electron chi connectivity index (χ3n) is 9.76. The topological polar surface area (TPSA) is 18.5 Å². The lowest BCUT2D eigenvalue weighted by Crippen LogP contribution is -2.52. The summed E-state index contributed by atoms with van der Waals surface area (Å²) in [6.45, 7) is 21.7. The monoisotopic (exact) mass is 462 g/mol. The van der Waals surface area contributed by atoms with Gasteiger partial charge in [-0.1, -0.05) is 25.5 Å². The van der Waals surface area contributed by atoms with Gasteiger partial charge in [-0.3, -0.25) is 0 Å². The molecule has 0 aromatic heterocycles. The number of rotatable bonds is 5. The van der Waals surface area contributed by atoms with E-state index in [-0.39, 0.29) is 0 Å². The molecule has 0 aromatic rings. The molecule has 2 nitrogen and oxygen atoms in total. The van der Waals surface area contributed by atoms with Crippen molar-refractivity contribution in [3.05, 3.63) is 11.6 Å². The van der Waals surface area contributed by atoms with Crippen LogP contribution in [0.1, 0.15) is 72.1 Å². The maximum Gasteiger partial charge on any atom is 0.184 e. The maximum absolute atomic E-state index is 6.65. The van der Waals surface area contributed by atoms with Crippen molar-refractivity contribution in [3.63, 3.8) is 0 Å². The fraction of sp³-hybridized carbons (Fsp3) is 0.926. The smallest absolute Gasteiger partial charge is 0.184 e. The van der Waals surface area contributed by atoms with Crippen molar-refractivity contribution in [1.82, 2.24) is 0 Å². The van der Waals surface area contributed by atoms with Gasteiger partial charge in [0.25, 0.3) is 0 Å². The first-order valence-electron chi connectivity index (χ1n) is 13.3. The van der Waals surface area contributed by atoms with E-state index in [4.69, 9.17) is 8.85 Å². The maximum atomic E-state index is 6.65. The summed E-state index contributed by atoms with van der Waals surface area (Å²) in [5, 5.41) is 0. The van der Waals surface area contributed by atoms with Gasteiger partial charge >= 0.3 is 0 Å². The Morgan fingerprint density at radius 1 is 0.871 bits per heavy atom. The second-order valence-electron chi connectivity index (χ2n) is 14.0. The quantitative estimate of drug-likeness (QED) is 0.304. The minimum absolute atomic E-state index is 0.385. The summed E-state index contributed by atoms with van der Waals surface area (Å²) >= 11 is 0. The fourth-order valence-corrected chi connectivity index (χ4v) is 11.1. The highest BCUT2D eigenvalue weighted by atomic mass is 28.4. The Hall–Kier alpha value is 0.0938. The van der Waals surface area contributed by atoms with Gasteiger partial charge in [-0.05, 0) is 132 Å². The van der Waals surface area contributed by atoms with Gasteiger partial charge in [0.15, 0.2) is 16.6 Å². The first kappa shape index (κ1) is 24.2. The molecule has 0 radical (unpaired) electrons. The molecule has 0 aromatic carbocycles. The number of fused-ring (bicyclic) bond motifs is 5. The Morgan fingerprint density at radius 3 is 2.23 bits per heavy atom. The molecule has 4 aliphatic carbocycles. The van der Waals surface area contributed by atoms with Crippen LogP contribution in [0.15, 0.2) is 11.6 Å². The zero-order valence-corrected chi connectivity index (χ0v) is 24.0. The molecule has 0 aliphatic heterocycles. The highest BCUT2D eigenvalue weighted by Gasteiger charge is 2.59. The van der Waals surface area contributed by atoms with Crippen LogP contribution < -0.4 is 0 Å². The van der Waals surface area contributed by atoms with Gasteiger partial charge in [0, 0.05) is 6.10 Å². The molecular weight excluding hydrogens is 412 g/mol. The molecule has 178 valence electrons. The summed E-state index contributed by atoms with van der Waals surface area (Å²) in [5.41, 5.74) is 2.69. The van der Waals surface area contributed by atoms with E-state index < -0.39 is 16.6 Å². The van der Waals surface area contributed by atoms with Crippen LogP contribution in [0.3, 0.4) is 0 Å². The average molecular weight is 463 g/mol. The molecule has 4 heteroatoms. The van der Waals surface area contributed by atoms with Crippen LogP contribution in [0.2, 0.25) is 39.3 Å². The number of hydrogen-bond donors (Lipinski definition) is 0. The molecule has 0 heterocycles. The Kier molecular flexibility index (Phi) is 6.33. The lowest BCUT2D eigenvalue weighted by atomic mass is 9.46. The van der Waals surface area contributed by atoms with Crippen molar-refractivity contribution in [3.8, 4) is 0 Å². The highest BCUT2D eigenvalue weighted by molar-refractivity contribution is 6.70. The van der Waals surface area contributed by atoms with Gasteiger partial charge in [0.05, 0.1) is 6.10 Å². The molecule has 0 bridgehead atoms. The van der Waals surface area contributed by atoms with E-state index in [0.29, 0.717) is 23.0 Å². The van der Waals surface area contributed by atoms with Crippen LogP contribution in [-0.2, 0) is 8.85 Å². The van der Waals surface area contributed by atoms with Gasteiger partial charge in [-0.15, -0.1) is 0 Å². The SMILES string of the molecule is C[C@@H](O[Si](C)(C)C)[C@H]1CCC2C3CCC4=C[C@@H](O[Si](C)(C)C)CC[C@]4(C)C3CC[C@@]21C. The molecule has 0 N–H and O–H groups in total. The Bertz CT molecular complexity index is 705. The number of allylic oxidation sites excluding steroid dienone is 1. The fourth-order valence-electron chi connectivity index (χ4n) is 8.70. The standard InChI is InChI=1S/C27H50O2Si2/c1-19(28-30(4,5)6)23-12-13-24-22-11-10-20-18-21(29-31(7,8)9)14-16-26(20,2)25(22)15-17-27(23,24)3/h18-19,21-25H,10-17H2,1-9H3/t19-,21+,22?,23-,24?,25?,26+,27-/m1/s1. The zero-order chi connectivity index (χ0) is 22.8. The number of hydrogen-bond acceptors (Lipinski definition) is 2. The first-order chi connectivity index (χ1) is 14.2. The Labute approximate surface area is 195 Å². The van der Waals surface area contributed by atoms with E-state index in [1.54, 1.807) is 5.57 Å². The van der Waals surface area contributed by atoms with Gasteiger partial charge < -0.3 is 8.85 Å². The largest absolute Gasteiger partial charge is 0.415 e.